The Hall–Kier alpha value is -5.11. The molecule has 3 aromatic carbocycles. The van der Waals surface area contributed by atoms with Gasteiger partial charge in [-0.2, -0.15) is 0 Å². The number of furan rings is 1. The maximum atomic E-state index is 12.4. The van der Waals surface area contributed by atoms with Gasteiger partial charge in [0.15, 0.2) is 11.5 Å². The lowest BCUT2D eigenvalue weighted by Gasteiger charge is -2.09. The number of hydrogen-bond acceptors (Lipinski definition) is 6. The van der Waals surface area contributed by atoms with Gasteiger partial charge in [-0.25, -0.2) is 14.8 Å². The van der Waals surface area contributed by atoms with Crippen molar-refractivity contribution >= 4 is 45.3 Å². The average Bonchev–Trinajstić information content (AvgIpc) is 3.48. The van der Waals surface area contributed by atoms with E-state index in [2.05, 4.69) is 20.6 Å². The van der Waals surface area contributed by atoms with E-state index in [1.54, 1.807) is 12.5 Å². The molecule has 0 aliphatic rings. The highest BCUT2D eigenvalue weighted by atomic mass is 16.3. The number of oxazole rings is 1. The first-order valence-corrected chi connectivity index (χ1v) is 11.7. The summed E-state index contributed by atoms with van der Waals surface area (Å²) in [5, 5.41) is 6.42. The topological polar surface area (TPSA) is 119 Å². The number of aromatic nitrogens is 2. The summed E-state index contributed by atoms with van der Waals surface area (Å²) in [6.45, 7) is 3.79. The highest BCUT2D eigenvalue weighted by molar-refractivity contribution is 6.07. The molecule has 0 atom stereocenters. The van der Waals surface area contributed by atoms with Crippen molar-refractivity contribution in [2.45, 2.75) is 13.8 Å². The molecule has 0 aliphatic carbocycles. The highest BCUT2D eigenvalue weighted by Crippen LogP contribution is 2.39. The van der Waals surface area contributed by atoms with Crippen LogP contribution in [-0.4, -0.2) is 16.0 Å². The first-order chi connectivity index (χ1) is 17.9. The molecular weight excluding hydrogens is 466 g/mol. The molecule has 3 aromatic heterocycles. The van der Waals surface area contributed by atoms with Crippen LogP contribution in [0.4, 0.5) is 22.0 Å². The molecule has 0 saturated heterocycles. The quantitative estimate of drug-likeness (QED) is 0.242. The summed E-state index contributed by atoms with van der Waals surface area (Å²) in [7, 11) is 0. The van der Waals surface area contributed by atoms with Gasteiger partial charge in [-0.15, -0.1) is 0 Å². The number of urea groups is 1. The van der Waals surface area contributed by atoms with Crippen molar-refractivity contribution < 1.29 is 13.6 Å². The molecule has 8 heteroatoms. The van der Waals surface area contributed by atoms with Gasteiger partial charge in [-0.3, -0.25) is 0 Å². The van der Waals surface area contributed by atoms with Crippen LogP contribution in [0.3, 0.4) is 0 Å². The van der Waals surface area contributed by atoms with Gasteiger partial charge in [0, 0.05) is 35.6 Å². The molecule has 8 nitrogen and oxygen atoms in total. The fourth-order valence-corrected chi connectivity index (χ4v) is 4.45. The predicted octanol–water partition coefficient (Wildman–Crippen LogP) is 7.15. The van der Waals surface area contributed by atoms with Gasteiger partial charge in [0.25, 0.3) is 0 Å². The van der Waals surface area contributed by atoms with Crippen molar-refractivity contribution in [3.05, 3.63) is 90.6 Å². The summed E-state index contributed by atoms with van der Waals surface area (Å²) in [4.78, 5) is 21.3. The van der Waals surface area contributed by atoms with Crippen LogP contribution < -0.4 is 16.4 Å². The maximum Gasteiger partial charge on any atom is 0.323 e. The largest absolute Gasteiger partial charge is 0.463 e. The smallest absolute Gasteiger partial charge is 0.323 e. The molecule has 0 saturated carbocycles. The molecule has 0 unspecified atom stereocenters. The van der Waals surface area contributed by atoms with E-state index in [1.165, 1.54) is 0 Å². The fraction of sp³-hybridized carbons (Fsp3) is 0.0690. The minimum atomic E-state index is -0.315. The van der Waals surface area contributed by atoms with E-state index in [-0.39, 0.29) is 6.03 Å². The second-order valence-electron chi connectivity index (χ2n) is 8.85. The van der Waals surface area contributed by atoms with E-state index in [0.29, 0.717) is 23.0 Å². The number of pyridine rings is 1. The lowest BCUT2D eigenvalue weighted by atomic mass is 10.0. The monoisotopic (exact) mass is 489 g/mol. The van der Waals surface area contributed by atoms with Crippen LogP contribution in [-0.2, 0) is 0 Å². The minimum Gasteiger partial charge on any atom is -0.463 e. The molecule has 6 rings (SSSR count). The molecule has 0 spiro atoms. The molecule has 37 heavy (non-hydrogen) atoms. The van der Waals surface area contributed by atoms with Gasteiger partial charge in [-0.1, -0.05) is 30.3 Å². The Kier molecular flexibility index (Phi) is 5.34. The maximum absolute atomic E-state index is 12.4. The normalized spacial score (nSPS) is 11.2. The number of carbonyl (C=O) groups excluding carboxylic acids is 1. The molecule has 2 amide bonds. The van der Waals surface area contributed by atoms with Crippen molar-refractivity contribution in [1.29, 1.82) is 0 Å². The Morgan fingerprint density at radius 3 is 2.49 bits per heavy atom. The second-order valence-corrected chi connectivity index (χ2v) is 8.85. The van der Waals surface area contributed by atoms with Gasteiger partial charge >= 0.3 is 6.03 Å². The molecule has 0 aliphatic heterocycles. The standard InChI is InChI=1S/C29H23N5O3/c1-16-4-3-5-21(12-16)34-29(35)33-20-9-6-18(7-10-20)23-15-36-27-22(14-31-28(30)26(23)27)19-8-11-25-24(13-19)32-17(2)37-25/h3-15H,1-2H3,(H2,30,31)(H2,33,34,35). The van der Waals surface area contributed by atoms with Crippen LogP contribution in [0.5, 0.6) is 0 Å². The highest BCUT2D eigenvalue weighted by Gasteiger charge is 2.18. The third kappa shape index (κ3) is 4.25. The van der Waals surface area contributed by atoms with Crippen molar-refractivity contribution in [2.75, 3.05) is 16.4 Å². The van der Waals surface area contributed by atoms with Gasteiger partial charge in [0.1, 0.15) is 16.9 Å². The summed E-state index contributed by atoms with van der Waals surface area (Å²) in [6, 6.07) is 20.6. The zero-order valence-electron chi connectivity index (χ0n) is 20.2. The van der Waals surface area contributed by atoms with Crippen LogP contribution in [0.25, 0.3) is 44.3 Å². The number of carbonyl (C=O) groups is 1. The van der Waals surface area contributed by atoms with Gasteiger partial charge in [-0.05, 0) is 60.0 Å². The van der Waals surface area contributed by atoms with Crippen LogP contribution in [0.2, 0.25) is 0 Å². The Balaban J connectivity index is 1.29. The summed E-state index contributed by atoms with van der Waals surface area (Å²) in [5.74, 6) is 0.985. The zero-order valence-corrected chi connectivity index (χ0v) is 20.2. The van der Waals surface area contributed by atoms with Crippen LogP contribution in [0.15, 0.2) is 88.0 Å². The lowest BCUT2D eigenvalue weighted by molar-refractivity contribution is 0.262. The van der Waals surface area contributed by atoms with E-state index >= 15 is 0 Å². The van der Waals surface area contributed by atoms with Crippen LogP contribution in [0, 0.1) is 13.8 Å². The molecule has 3 heterocycles. The van der Waals surface area contributed by atoms with E-state index in [1.807, 2.05) is 80.6 Å². The first-order valence-electron chi connectivity index (χ1n) is 11.7. The Morgan fingerprint density at radius 2 is 1.68 bits per heavy atom. The number of benzene rings is 3. The van der Waals surface area contributed by atoms with E-state index in [0.717, 1.165) is 50.0 Å². The predicted molar refractivity (Wildman–Crippen MR) is 145 cm³/mol. The number of nitrogens with zero attached hydrogens (tertiary/aromatic N) is 2. The van der Waals surface area contributed by atoms with Crippen molar-refractivity contribution in [1.82, 2.24) is 9.97 Å². The Bertz CT molecular complexity index is 1780. The summed E-state index contributed by atoms with van der Waals surface area (Å²) < 4.78 is 11.6. The number of nitrogens with one attached hydrogen (secondary N) is 2. The number of fused-ring (bicyclic) bond motifs is 2. The van der Waals surface area contributed by atoms with E-state index < -0.39 is 0 Å². The second kappa shape index (κ2) is 8.83. The first kappa shape index (κ1) is 22.4. The van der Waals surface area contributed by atoms with E-state index in [9.17, 15) is 4.79 Å². The van der Waals surface area contributed by atoms with E-state index in [4.69, 9.17) is 14.6 Å². The number of nitrogens with two attached hydrogens (primary N) is 1. The van der Waals surface area contributed by atoms with Crippen LogP contribution in [0.1, 0.15) is 11.5 Å². The molecular formula is C29H23N5O3. The summed E-state index contributed by atoms with van der Waals surface area (Å²) in [6.07, 6.45) is 3.39. The van der Waals surface area contributed by atoms with Gasteiger partial charge < -0.3 is 25.2 Å². The summed E-state index contributed by atoms with van der Waals surface area (Å²) in [5.41, 5.74) is 14.3. The number of hydrogen-bond donors (Lipinski definition) is 3. The Morgan fingerprint density at radius 1 is 0.892 bits per heavy atom. The lowest BCUT2D eigenvalue weighted by Crippen LogP contribution is -2.19. The molecule has 0 bridgehead atoms. The number of aryl methyl sites for hydroxylation is 2. The van der Waals surface area contributed by atoms with Crippen molar-refractivity contribution in [3.63, 3.8) is 0 Å². The van der Waals surface area contributed by atoms with Gasteiger partial charge in [0.05, 0.1) is 11.6 Å². The Labute approximate surface area is 212 Å². The van der Waals surface area contributed by atoms with Crippen molar-refractivity contribution in [2.24, 2.45) is 0 Å². The number of rotatable bonds is 4. The van der Waals surface area contributed by atoms with Crippen LogP contribution >= 0.6 is 0 Å². The third-order valence-electron chi connectivity index (χ3n) is 6.16. The number of amides is 2. The molecule has 182 valence electrons. The fourth-order valence-electron chi connectivity index (χ4n) is 4.45. The molecule has 0 radical (unpaired) electrons. The average molecular weight is 490 g/mol. The third-order valence-corrected chi connectivity index (χ3v) is 6.16. The minimum absolute atomic E-state index is 0.315. The summed E-state index contributed by atoms with van der Waals surface area (Å²) >= 11 is 0. The van der Waals surface area contributed by atoms with Gasteiger partial charge in [0.2, 0.25) is 0 Å². The number of nitrogen functional groups attached to an aromatic ring is 1. The SMILES string of the molecule is Cc1cccc(NC(=O)Nc2ccc(-c3coc4c(-c5ccc6oc(C)nc6c5)cnc(N)c34)cc2)c1. The molecule has 0 fully saturated rings. The molecule has 4 N–H and O–H groups in total. The molecule has 6 aromatic rings. The zero-order chi connectivity index (χ0) is 25.5. The number of anilines is 3. The van der Waals surface area contributed by atoms with Crippen molar-refractivity contribution in [3.8, 4) is 22.3 Å².